The topological polar surface area (TPSA) is 21.3 Å². The summed E-state index contributed by atoms with van der Waals surface area (Å²) in [6.45, 7) is 4.01. The average Bonchev–Trinajstić information content (AvgIpc) is 2.23. The summed E-state index contributed by atoms with van der Waals surface area (Å²) in [4.78, 5) is 0. The molecule has 1 aromatic carbocycles. The van der Waals surface area contributed by atoms with Crippen molar-refractivity contribution in [2.45, 2.75) is 13.0 Å². The molecule has 0 amide bonds. The molecule has 1 fully saturated rings. The fourth-order valence-electron chi connectivity index (χ4n) is 1.77. The molecule has 1 aromatic rings. The Morgan fingerprint density at radius 2 is 2.36 bits per heavy atom. The van der Waals surface area contributed by atoms with E-state index in [0.29, 0.717) is 6.61 Å². The summed E-state index contributed by atoms with van der Waals surface area (Å²) in [5.74, 6) is -0.144. The minimum atomic E-state index is -0.144. The van der Waals surface area contributed by atoms with Crippen molar-refractivity contribution in [3.05, 3.63) is 35.1 Å². The molecule has 3 heteroatoms. The van der Waals surface area contributed by atoms with Gasteiger partial charge in [0.15, 0.2) is 0 Å². The van der Waals surface area contributed by atoms with Gasteiger partial charge in [-0.3, -0.25) is 0 Å². The van der Waals surface area contributed by atoms with E-state index in [9.17, 15) is 4.39 Å². The summed E-state index contributed by atoms with van der Waals surface area (Å²) in [5, 5.41) is 3.31. The standard InChI is InChI=1S/C11H14FNO/c1-8-9(3-2-4-10(8)12)11-7-14-6-5-13-11/h2-4,11,13H,5-7H2,1H3/t11-/m1/s1. The second-order valence-corrected chi connectivity index (χ2v) is 3.54. The monoisotopic (exact) mass is 195 g/mol. The maximum atomic E-state index is 13.3. The molecule has 2 nitrogen and oxygen atoms in total. The Kier molecular flexibility index (Phi) is 2.79. The van der Waals surface area contributed by atoms with Crippen molar-refractivity contribution in [2.75, 3.05) is 19.8 Å². The fourth-order valence-corrected chi connectivity index (χ4v) is 1.77. The van der Waals surface area contributed by atoms with Gasteiger partial charge in [-0.1, -0.05) is 12.1 Å². The van der Waals surface area contributed by atoms with Crippen LogP contribution < -0.4 is 5.32 Å². The van der Waals surface area contributed by atoms with Gasteiger partial charge >= 0.3 is 0 Å². The molecule has 0 spiro atoms. The molecule has 2 rings (SSSR count). The molecule has 1 atom stereocenters. The van der Waals surface area contributed by atoms with E-state index in [1.807, 2.05) is 6.07 Å². The van der Waals surface area contributed by atoms with Crippen LogP contribution in [-0.4, -0.2) is 19.8 Å². The summed E-state index contributed by atoms with van der Waals surface area (Å²) < 4.78 is 18.6. The lowest BCUT2D eigenvalue weighted by Crippen LogP contribution is -2.35. The lowest BCUT2D eigenvalue weighted by molar-refractivity contribution is 0.0766. The molecule has 0 saturated carbocycles. The smallest absolute Gasteiger partial charge is 0.126 e. The summed E-state index contributed by atoms with van der Waals surface area (Å²) in [6, 6.07) is 5.32. The minimum Gasteiger partial charge on any atom is -0.378 e. The van der Waals surface area contributed by atoms with Crippen LogP contribution in [0.1, 0.15) is 17.2 Å². The summed E-state index contributed by atoms with van der Waals surface area (Å²) >= 11 is 0. The first-order valence-corrected chi connectivity index (χ1v) is 4.85. The van der Waals surface area contributed by atoms with Crippen LogP contribution in [-0.2, 0) is 4.74 Å². The first-order valence-electron chi connectivity index (χ1n) is 4.85. The minimum absolute atomic E-state index is 0.138. The van der Waals surface area contributed by atoms with Crippen LogP contribution in [0.2, 0.25) is 0 Å². The molecule has 1 saturated heterocycles. The zero-order valence-electron chi connectivity index (χ0n) is 8.22. The number of halogens is 1. The quantitative estimate of drug-likeness (QED) is 0.737. The van der Waals surface area contributed by atoms with Crippen LogP contribution in [0.5, 0.6) is 0 Å². The lowest BCUT2D eigenvalue weighted by Gasteiger charge is -2.25. The van der Waals surface area contributed by atoms with Crippen LogP contribution in [0.4, 0.5) is 4.39 Å². The predicted octanol–water partition coefficient (Wildman–Crippen LogP) is 1.80. The van der Waals surface area contributed by atoms with E-state index in [1.165, 1.54) is 6.07 Å². The van der Waals surface area contributed by atoms with E-state index in [0.717, 1.165) is 24.3 Å². The molecule has 1 aliphatic heterocycles. The first-order chi connectivity index (χ1) is 6.79. The molecule has 14 heavy (non-hydrogen) atoms. The van der Waals surface area contributed by atoms with Crippen molar-refractivity contribution >= 4 is 0 Å². The SMILES string of the molecule is Cc1c(F)cccc1[C@H]1COCCN1. The fraction of sp³-hybridized carbons (Fsp3) is 0.455. The maximum Gasteiger partial charge on any atom is 0.126 e. The van der Waals surface area contributed by atoms with Gasteiger partial charge in [-0.25, -0.2) is 4.39 Å². The largest absolute Gasteiger partial charge is 0.378 e. The third kappa shape index (κ3) is 1.79. The van der Waals surface area contributed by atoms with E-state index in [4.69, 9.17) is 4.74 Å². The van der Waals surface area contributed by atoms with E-state index in [2.05, 4.69) is 5.32 Å². The number of hydrogen-bond donors (Lipinski definition) is 1. The van der Waals surface area contributed by atoms with Gasteiger partial charge in [-0.2, -0.15) is 0 Å². The molecule has 0 aromatic heterocycles. The normalized spacial score (nSPS) is 22.3. The van der Waals surface area contributed by atoms with Gasteiger partial charge in [0.05, 0.1) is 19.3 Å². The van der Waals surface area contributed by atoms with E-state index >= 15 is 0 Å². The number of morpholine rings is 1. The van der Waals surface area contributed by atoms with Crippen LogP contribution in [0, 0.1) is 12.7 Å². The zero-order chi connectivity index (χ0) is 9.97. The van der Waals surface area contributed by atoms with Gasteiger partial charge in [0.25, 0.3) is 0 Å². The van der Waals surface area contributed by atoms with Gasteiger partial charge in [0.1, 0.15) is 5.82 Å². The molecule has 0 aliphatic carbocycles. The third-order valence-corrected chi connectivity index (χ3v) is 2.61. The van der Waals surface area contributed by atoms with Crippen molar-refractivity contribution in [1.82, 2.24) is 5.32 Å². The van der Waals surface area contributed by atoms with Crippen LogP contribution in [0.25, 0.3) is 0 Å². The van der Waals surface area contributed by atoms with E-state index in [1.54, 1.807) is 13.0 Å². The van der Waals surface area contributed by atoms with Crippen LogP contribution >= 0.6 is 0 Å². The molecule has 0 radical (unpaired) electrons. The summed E-state index contributed by atoms with van der Waals surface area (Å²) in [6.07, 6.45) is 0. The number of nitrogens with one attached hydrogen (secondary N) is 1. The molecule has 1 heterocycles. The predicted molar refractivity (Wildman–Crippen MR) is 52.7 cm³/mol. The molecule has 1 aliphatic rings. The third-order valence-electron chi connectivity index (χ3n) is 2.61. The van der Waals surface area contributed by atoms with Crippen molar-refractivity contribution in [3.8, 4) is 0 Å². The highest BCUT2D eigenvalue weighted by atomic mass is 19.1. The number of ether oxygens (including phenoxy) is 1. The first kappa shape index (κ1) is 9.62. The van der Waals surface area contributed by atoms with Gasteiger partial charge in [-0.15, -0.1) is 0 Å². The Morgan fingerprint density at radius 1 is 1.50 bits per heavy atom. The molecular weight excluding hydrogens is 181 g/mol. The molecule has 0 bridgehead atoms. The van der Waals surface area contributed by atoms with E-state index in [-0.39, 0.29) is 11.9 Å². The van der Waals surface area contributed by atoms with Gasteiger partial charge in [-0.05, 0) is 24.1 Å². The second kappa shape index (κ2) is 4.07. The van der Waals surface area contributed by atoms with Gasteiger partial charge < -0.3 is 10.1 Å². The Hall–Kier alpha value is -0.930. The van der Waals surface area contributed by atoms with Crippen molar-refractivity contribution < 1.29 is 9.13 Å². The number of benzene rings is 1. The molecule has 76 valence electrons. The summed E-state index contributed by atoms with van der Waals surface area (Å²) in [5.41, 5.74) is 1.72. The lowest BCUT2D eigenvalue weighted by atomic mass is 10.0. The highest BCUT2D eigenvalue weighted by Crippen LogP contribution is 2.21. The van der Waals surface area contributed by atoms with Gasteiger partial charge in [0, 0.05) is 6.54 Å². The van der Waals surface area contributed by atoms with E-state index < -0.39 is 0 Å². The molecular formula is C11H14FNO. The Morgan fingerprint density at radius 3 is 3.07 bits per heavy atom. The number of hydrogen-bond acceptors (Lipinski definition) is 2. The van der Waals surface area contributed by atoms with Crippen LogP contribution in [0.3, 0.4) is 0 Å². The Balaban J connectivity index is 2.26. The maximum absolute atomic E-state index is 13.3. The highest BCUT2D eigenvalue weighted by Gasteiger charge is 2.17. The highest BCUT2D eigenvalue weighted by molar-refractivity contribution is 5.30. The number of rotatable bonds is 1. The molecule has 1 N–H and O–H groups in total. The second-order valence-electron chi connectivity index (χ2n) is 3.54. The molecule has 0 unspecified atom stereocenters. The van der Waals surface area contributed by atoms with Crippen molar-refractivity contribution in [2.24, 2.45) is 0 Å². The van der Waals surface area contributed by atoms with Crippen molar-refractivity contribution in [1.29, 1.82) is 0 Å². The summed E-state index contributed by atoms with van der Waals surface area (Å²) in [7, 11) is 0. The Bertz CT molecular complexity index is 321. The van der Waals surface area contributed by atoms with Gasteiger partial charge in [0.2, 0.25) is 0 Å². The average molecular weight is 195 g/mol. The van der Waals surface area contributed by atoms with Crippen molar-refractivity contribution in [3.63, 3.8) is 0 Å². The van der Waals surface area contributed by atoms with Crippen LogP contribution in [0.15, 0.2) is 18.2 Å². The zero-order valence-corrected chi connectivity index (χ0v) is 8.22. The Labute approximate surface area is 83.1 Å².